The summed E-state index contributed by atoms with van der Waals surface area (Å²) in [7, 11) is -12.6. The molecule has 1 fully saturated rings. The Morgan fingerprint density at radius 2 is 1.71 bits per heavy atom. The second-order valence-corrected chi connectivity index (χ2v) is 10.3. The molecule has 6 unspecified atom stereocenters. The predicted octanol–water partition coefficient (Wildman–Crippen LogP) is 1.56. The van der Waals surface area contributed by atoms with Crippen molar-refractivity contribution in [3.63, 3.8) is 0 Å². The Labute approximate surface area is 141 Å². The van der Waals surface area contributed by atoms with Crippen LogP contribution in [0.2, 0.25) is 6.32 Å². The first-order valence-electron chi connectivity index (χ1n) is 7.17. The zero-order valence-electron chi connectivity index (χ0n) is 13.6. The van der Waals surface area contributed by atoms with Crippen LogP contribution in [0, 0.1) is 11.8 Å². The monoisotopic (exact) mass is 407 g/mol. The zero-order valence-corrected chi connectivity index (χ0v) is 16.3. The fraction of sp³-hybridized carbons (Fsp3) is 0.900. The Morgan fingerprint density at radius 1 is 1.12 bits per heavy atom. The van der Waals surface area contributed by atoms with E-state index < -0.39 is 29.3 Å². The molecule has 1 rings (SSSR count). The average Bonchev–Trinajstić information content (AvgIpc) is 2.61. The van der Waals surface area contributed by atoms with Gasteiger partial charge in [0.2, 0.25) is 0 Å². The van der Waals surface area contributed by atoms with Crippen LogP contribution in [0.15, 0.2) is 0 Å². The van der Waals surface area contributed by atoms with Crippen molar-refractivity contribution in [1.29, 1.82) is 0 Å². The van der Waals surface area contributed by atoms with Gasteiger partial charge in [-0.1, -0.05) is 27.1 Å². The maximum absolute atomic E-state index is 11.4. The van der Waals surface area contributed by atoms with Crippen LogP contribution in [0.1, 0.15) is 20.8 Å². The molecule has 0 aromatic rings. The Kier molecular flexibility index (Phi) is 7.95. The molecule has 4 N–H and O–H groups in total. The molecular weight excluding hydrogens is 384 g/mol. The maximum atomic E-state index is 11.4. The second-order valence-electron chi connectivity index (χ2n) is 5.56. The van der Waals surface area contributed by atoms with Crippen molar-refractivity contribution in [2.45, 2.75) is 39.2 Å². The molecule has 1 aliphatic rings. The van der Waals surface area contributed by atoms with E-state index in [0.717, 1.165) is 6.32 Å². The van der Waals surface area contributed by atoms with Crippen molar-refractivity contribution in [3.8, 4) is 0 Å². The quantitative estimate of drug-likeness (QED) is 0.327. The number of ether oxygens (including phenoxy) is 1. The van der Waals surface area contributed by atoms with E-state index in [1.54, 1.807) is 0 Å². The number of rotatable bonds is 9. The highest BCUT2D eigenvalue weighted by Crippen LogP contribution is 2.66. The first-order chi connectivity index (χ1) is 10.8. The lowest BCUT2D eigenvalue weighted by molar-refractivity contribution is 0.0307. The minimum Gasteiger partial charge on any atom is -0.381 e. The molecular formula is C10H23BO10P3. The number of hydrogen-bond acceptors (Lipinski definition) is 7. The standard InChI is InChI=1S/C10H23BO10P3/c1-5-11-10-8(3)7(2)9(19-10)6-18-22(4,12)20-24(16,17)21-23(13,14)15/h7-10,12H,4-6H2,1-3H3,(H,16,17)(H2,13,14,15). The molecule has 14 heteroatoms. The number of phosphoric acid groups is 2. The van der Waals surface area contributed by atoms with E-state index in [9.17, 15) is 18.9 Å². The molecule has 24 heavy (non-hydrogen) atoms. The third kappa shape index (κ3) is 7.40. The van der Waals surface area contributed by atoms with E-state index in [1.165, 1.54) is 0 Å². The van der Waals surface area contributed by atoms with Crippen LogP contribution < -0.4 is 0 Å². The summed E-state index contributed by atoms with van der Waals surface area (Å²) in [4.78, 5) is 36.1. The lowest BCUT2D eigenvalue weighted by atomic mass is 9.63. The van der Waals surface area contributed by atoms with E-state index in [2.05, 4.69) is 14.9 Å². The summed E-state index contributed by atoms with van der Waals surface area (Å²) >= 11 is 0. The molecule has 141 valence electrons. The van der Waals surface area contributed by atoms with Crippen molar-refractivity contribution >= 4 is 36.8 Å². The van der Waals surface area contributed by atoms with Gasteiger partial charge in [-0.2, -0.15) is 4.31 Å². The summed E-state index contributed by atoms with van der Waals surface area (Å²) < 4.78 is 40.7. The fourth-order valence-electron chi connectivity index (χ4n) is 2.31. The van der Waals surface area contributed by atoms with Gasteiger partial charge in [-0.3, -0.25) is 0 Å². The van der Waals surface area contributed by atoms with Crippen molar-refractivity contribution in [3.05, 3.63) is 0 Å². The van der Waals surface area contributed by atoms with Gasteiger partial charge in [-0.05, 0) is 18.1 Å². The van der Waals surface area contributed by atoms with Gasteiger partial charge in [0.05, 0.1) is 12.7 Å². The molecule has 0 spiro atoms. The van der Waals surface area contributed by atoms with Gasteiger partial charge in [-0.25, -0.2) is 13.4 Å². The lowest BCUT2D eigenvalue weighted by Gasteiger charge is -2.23. The van der Waals surface area contributed by atoms with Crippen LogP contribution in [0.3, 0.4) is 0 Å². The summed E-state index contributed by atoms with van der Waals surface area (Å²) in [5, 5.41) is 0. The van der Waals surface area contributed by atoms with Gasteiger partial charge >= 0.3 is 15.6 Å². The summed E-state index contributed by atoms with van der Waals surface area (Å²) in [6.45, 7) is 5.78. The highest BCUT2D eigenvalue weighted by Gasteiger charge is 2.41. The van der Waals surface area contributed by atoms with Crippen molar-refractivity contribution in [2.75, 3.05) is 6.61 Å². The molecule has 1 heterocycles. The van der Waals surface area contributed by atoms with Crippen LogP contribution in [-0.4, -0.2) is 51.9 Å². The van der Waals surface area contributed by atoms with Crippen molar-refractivity contribution in [2.24, 2.45) is 11.8 Å². The van der Waals surface area contributed by atoms with Crippen LogP contribution >= 0.6 is 23.2 Å². The zero-order chi connectivity index (χ0) is 18.8. The molecule has 1 aliphatic heterocycles. The average molecular weight is 407 g/mol. The van der Waals surface area contributed by atoms with Gasteiger partial charge in [0.15, 0.2) is 0 Å². The summed E-state index contributed by atoms with van der Waals surface area (Å²) in [5.41, 5.74) is 0. The molecule has 0 aromatic carbocycles. The van der Waals surface area contributed by atoms with E-state index in [-0.39, 0.29) is 24.4 Å². The van der Waals surface area contributed by atoms with Crippen LogP contribution in [0.25, 0.3) is 0 Å². The first kappa shape index (κ1) is 22.5. The van der Waals surface area contributed by atoms with Gasteiger partial charge in [0.25, 0.3) is 7.57 Å². The van der Waals surface area contributed by atoms with Crippen molar-refractivity contribution in [1.82, 2.24) is 0 Å². The summed E-state index contributed by atoms with van der Waals surface area (Å²) in [6.07, 6.45) is 3.57. The first-order valence-corrected chi connectivity index (χ1v) is 12.0. The Bertz CT molecular complexity index is 565. The van der Waals surface area contributed by atoms with E-state index in [0.29, 0.717) is 0 Å². The molecule has 0 aliphatic carbocycles. The SMILES string of the molecule is C=P(O)(OCC1OC([B]CC)C(C)C1C)OP(=O)(O)OP(=O)(O)O. The predicted molar refractivity (Wildman–Crippen MR) is 89.5 cm³/mol. The topological polar surface area (TPSA) is 152 Å². The van der Waals surface area contributed by atoms with Crippen molar-refractivity contribution < 1.29 is 46.6 Å². The van der Waals surface area contributed by atoms with E-state index in [1.807, 2.05) is 28.1 Å². The van der Waals surface area contributed by atoms with Gasteiger partial charge in [0.1, 0.15) is 7.28 Å². The molecule has 6 atom stereocenters. The number of hydrogen-bond donors (Lipinski definition) is 4. The highest BCUT2D eigenvalue weighted by atomic mass is 31.3. The molecule has 0 amide bonds. The summed E-state index contributed by atoms with van der Waals surface area (Å²) in [5.74, 6) is 0.308. The lowest BCUT2D eigenvalue weighted by Crippen LogP contribution is -2.22. The Hall–Kier alpha value is 0.505. The van der Waals surface area contributed by atoms with Gasteiger partial charge < -0.3 is 28.8 Å². The normalized spacial score (nSPS) is 33.0. The minimum atomic E-state index is -5.29. The molecule has 0 saturated carbocycles. The molecule has 0 bridgehead atoms. The molecule has 0 aromatic heterocycles. The smallest absolute Gasteiger partial charge is 0.381 e. The van der Waals surface area contributed by atoms with Crippen LogP contribution in [0.4, 0.5) is 0 Å². The molecule has 1 radical (unpaired) electrons. The summed E-state index contributed by atoms with van der Waals surface area (Å²) in [6, 6.07) is -0.0716. The largest absolute Gasteiger partial charge is 0.487 e. The maximum Gasteiger partial charge on any atom is 0.487 e. The molecule has 1 saturated heterocycles. The minimum absolute atomic E-state index is 0.0716. The highest BCUT2D eigenvalue weighted by molar-refractivity contribution is 7.70. The molecule has 10 nitrogen and oxygen atoms in total. The van der Waals surface area contributed by atoms with Crippen LogP contribution in [-0.2, 0) is 27.0 Å². The van der Waals surface area contributed by atoms with E-state index in [4.69, 9.17) is 19.0 Å². The second kappa shape index (κ2) is 8.46. The fourth-order valence-corrected chi connectivity index (χ4v) is 5.63. The Balaban J connectivity index is 2.61. The Morgan fingerprint density at radius 3 is 2.21 bits per heavy atom. The van der Waals surface area contributed by atoms with E-state index >= 15 is 0 Å². The third-order valence-corrected chi connectivity index (χ3v) is 7.69. The van der Waals surface area contributed by atoms with Gasteiger partial charge in [0, 0.05) is 6.00 Å². The third-order valence-electron chi connectivity index (χ3n) is 3.61. The van der Waals surface area contributed by atoms with Gasteiger partial charge in [-0.15, -0.1) is 0 Å². The van der Waals surface area contributed by atoms with Crippen LogP contribution in [0.5, 0.6) is 0 Å².